The molecule has 0 heterocycles. The summed E-state index contributed by atoms with van der Waals surface area (Å²) < 4.78 is 27.2. The van der Waals surface area contributed by atoms with Gasteiger partial charge >= 0.3 is 0 Å². The summed E-state index contributed by atoms with van der Waals surface area (Å²) in [6.07, 6.45) is 0. The van der Waals surface area contributed by atoms with Crippen LogP contribution in [0.5, 0.6) is 0 Å². The van der Waals surface area contributed by atoms with E-state index in [4.69, 9.17) is 17.3 Å². The molecule has 0 fully saturated rings. The SMILES string of the molecule is Cc1cc(N)c(S(=O)(=O)NCc2cccc(Cl)c2)cc1C. The number of benzene rings is 2. The molecule has 0 saturated heterocycles. The maximum absolute atomic E-state index is 12.4. The lowest BCUT2D eigenvalue weighted by atomic mass is 10.1. The van der Waals surface area contributed by atoms with Crippen LogP contribution in [0.4, 0.5) is 5.69 Å². The van der Waals surface area contributed by atoms with Gasteiger partial charge in [-0.15, -0.1) is 0 Å². The molecular formula is C15H17ClN2O2S. The van der Waals surface area contributed by atoms with Crippen molar-refractivity contribution in [1.82, 2.24) is 4.72 Å². The van der Waals surface area contributed by atoms with Crippen molar-refractivity contribution in [3.8, 4) is 0 Å². The van der Waals surface area contributed by atoms with Crippen molar-refractivity contribution in [3.63, 3.8) is 0 Å². The normalized spacial score (nSPS) is 11.6. The van der Waals surface area contributed by atoms with Crippen molar-refractivity contribution >= 4 is 27.3 Å². The number of hydrogen-bond donors (Lipinski definition) is 2. The zero-order valence-corrected chi connectivity index (χ0v) is 13.4. The largest absolute Gasteiger partial charge is 0.398 e. The van der Waals surface area contributed by atoms with Gasteiger partial charge in [-0.3, -0.25) is 0 Å². The summed E-state index contributed by atoms with van der Waals surface area (Å²) in [6.45, 7) is 3.90. The summed E-state index contributed by atoms with van der Waals surface area (Å²) in [6, 6.07) is 10.3. The van der Waals surface area contributed by atoms with Gasteiger partial charge in [-0.2, -0.15) is 0 Å². The minimum Gasteiger partial charge on any atom is -0.398 e. The van der Waals surface area contributed by atoms with Crippen molar-refractivity contribution in [2.45, 2.75) is 25.3 Å². The van der Waals surface area contributed by atoms with Crippen LogP contribution in [0, 0.1) is 13.8 Å². The van der Waals surface area contributed by atoms with Gasteiger partial charge in [0.1, 0.15) is 4.90 Å². The molecule has 0 atom stereocenters. The predicted molar refractivity (Wildman–Crippen MR) is 85.8 cm³/mol. The first-order valence-electron chi connectivity index (χ1n) is 6.40. The fourth-order valence-corrected chi connectivity index (χ4v) is 3.37. The number of aryl methyl sites for hydroxylation is 2. The summed E-state index contributed by atoms with van der Waals surface area (Å²) in [5.74, 6) is 0. The van der Waals surface area contributed by atoms with E-state index < -0.39 is 10.0 Å². The van der Waals surface area contributed by atoms with Gasteiger partial charge in [0.25, 0.3) is 0 Å². The molecule has 0 aliphatic heterocycles. The molecule has 0 unspecified atom stereocenters. The third kappa shape index (κ3) is 3.75. The van der Waals surface area contributed by atoms with Crippen molar-refractivity contribution in [1.29, 1.82) is 0 Å². The Kier molecular flexibility index (Phi) is 4.56. The zero-order chi connectivity index (χ0) is 15.6. The van der Waals surface area contributed by atoms with Crippen LogP contribution >= 0.6 is 11.6 Å². The smallest absolute Gasteiger partial charge is 0.242 e. The lowest BCUT2D eigenvalue weighted by Gasteiger charge is -2.11. The van der Waals surface area contributed by atoms with Gasteiger partial charge in [0.05, 0.1) is 5.69 Å². The summed E-state index contributed by atoms with van der Waals surface area (Å²) in [5.41, 5.74) is 8.70. The van der Waals surface area contributed by atoms with Crippen LogP contribution in [0.15, 0.2) is 41.3 Å². The van der Waals surface area contributed by atoms with Crippen LogP contribution in [0.25, 0.3) is 0 Å². The van der Waals surface area contributed by atoms with Crippen LogP contribution in [0.3, 0.4) is 0 Å². The van der Waals surface area contributed by atoms with Crippen LogP contribution in [-0.2, 0) is 16.6 Å². The highest BCUT2D eigenvalue weighted by atomic mass is 35.5. The van der Waals surface area contributed by atoms with E-state index in [2.05, 4.69) is 4.72 Å². The second kappa shape index (κ2) is 6.05. The quantitative estimate of drug-likeness (QED) is 0.849. The standard InChI is InChI=1S/C15H17ClN2O2S/c1-10-6-14(17)15(7-11(10)2)21(19,20)18-9-12-4-3-5-13(16)8-12/h3-8,18H,9,17H2,1-2H3. The highest BCUT2D eigenvalue weighted by Gasteiger charge is 2.18. The zero-order valence-electron chi connectivity index (χ0n) is 11.9. The van der Waals surface area contributed by atoms with E-state index in [1.807, 2.05) is 13.8 Å². The summed E-state index contributed by atoms with van der Waals surface area (Å²) >= 11 is 5.88. The fraction of sp³-hybridized carbons (Fsp3) is 0.200. The highest BCUT2D eigenvalue weighted by molar-refractivity contribution is 7.89. The van der Waals surface area contributed by atoms with Gasteiger partial charge in [0, 0.05) is 11.6 Å². The minimum atomic E-state index is -3.66. The summed E-state index contributed by atoms with van der Waals surface area (Å²) in [5, 5.41) is 0.567. The van der Waals surface area contributed by atoms with Gasteiger partial charge in [-0.1, -0.05) is 23.7 Å². The second-order valence-electron chi connectivity index (χ2n) is 4.93. The van der Waals surface area contributed by atoms with Crippen LogP contribution < -0.4 is 10.5 Å². The molecule has 0 aliphatic rings. The van der Waals surface area contributed by atoms with Gasteiger partial charge in [0.2, 0.25) is 10.0 Å². The van der Waals surface area contributed by atoms with Crippen LogP contribution in [0.2, 0.25) is 5.02 Å². The van der Waals surface area contributed by atoms with E-state index in [0.29, 0.717) is 5.02 Å². The maximum Gasteiger partial charge on any atom is 0.242 e. The Morgan fingerprint density at radius 1 is 1.14 bits per heavy atom. The lowest BCUT2D eigenvalue weighted by Crippen LogP contribution is -2.24. The minimum absolute atomic E-state index is 0.104. The van der Waals surface area contributed by atoms with Crippen molar-refractivity contribution < 1.29 is 8.42 Å². The summed E-state index contributed by atoms with van der Waals surface area (Å²) in [7, 11) is -3.66. The Morgan fingerprint density at radius 2 is 1.81 bits per heavy atom. The molecule has 0 radical (unpaired) electrons. The van der Waals surface area contributed by atoms with E-state index in [-0.39, 0.29) is 17.1 Å². The average Bonchev–Trinajstić information content (AvgIpc) is 2.41. The molecule has 21 heavy (non-hydrogen) atoms. The molecular weight excluding hydrogens is 308 g/mol. The van der Waals surface area contributed by atoms with Crippen LogP contribution in [-0.4, -0.2) is 8.42 Å². The van der Waals surface area contributed by atoms with E-state index in [1.54, 1.807) is 36.4 Å². The fourth-order valence-electron chi connectivity index (χ4n) is 1.95. The van der Waals surface area contributed by atoms with Crippen molar-refractivity contribution in [3.05, 3.63) is 58.1 Å². The number of sulfonamides is 1. The molecule has 2 aromatic carbocycles. The molecule has 4 nitrogen and oxygen atoms in total. The molecule has 2 rings (SSSR count). The number of hydrogen-bond acceptors (Lipinski definition) is 3. The number of anilines is 1. The number of rotatable bonds is 4. The third-order valence-electron chi connectivity index (χ3n) is 3.27. The monoisotopic (exact) mass is 324 g/mol. The second-order valence-corrected chi connectivity index (χ2v) is 7.10. The Hall–Kier alpha value is -1.56. The Balaban J connectivity index is 2.25. The summed E-state index contributed by atoms with van der Waals surface area (Å²) in [4.78, 5) is 0.104. The average molecular weight is 325 g/mol. The Labute approximate surface area is 130 Å². The third-order valence-corrected chi connectivity index (χ3v) is 4.96. The molecule has 112 valence electrons. The van der Waals surface area contributed by atoms with E-state index in [9.17, 15) is 8.42 Å². The first-order chi connectivity index (χ1) is 9.79. The molecule has 3 N–H and O–H groups in total. The van der Waals surface area contributed by atoms with Gasteiger partial charge in [-0.05, 0) is 54.8 Å². The van der Waals surface area contributed by atoms with Crippen molar-refractivity contribution in [2.24, 2.45) is 0 Å². The topological polar surface area (TPSA) is 72.2 Å². The number of nitrogens with one attached hydrogen (secondary N) is 1. The molecule has 6 heteroatoms. The van der Waals surface area contributed by atoms with Gasteiger partial charge < -0.3 is 5.73 Å². The Morgan fingerprint density at radius 3 is 2.48 bits per heavy atom. The maximum atomic E-state index is 12.4. The lowest BCUT2D eigenvalue weighted by molar-refractivity contribution is 0.581. The highest BCUT2D eigenvalue weighted by Crippen LogP contribution is 2.23. The first-order valence-corrected chi connectivity index (χ1v) is 8.26. The molecule has 0 amide bonds. The molecule has 0 spiro atoms. The van der Waals surface area contributed by atoms with Gasteiger partial charge in [-0.25, -0.2) is 13.1 Å². The molecule has 0 saturated carbocycles. The number of nitrogen functional groups attached to an aromatic ring is 1. The number of nitrogens with two attached hydrogens (primary N) is 1. The number of halogens is 1. The Bertz CT molecular complexity index is 773. The van der Waals surface area contributed by atoms with E-state index >= 15 is 0 Å². The predicted octanol–water partition coefficient (Wildman–Crippen LogP) is 3.02. The molecule has 0 bridgehead atoms. The van der Waals surface area contributed by atoms with Crippen LogP contribution in [0.1, 0.15) is 16.7 Å². The first kappa shape index (κ1) is 15.8. The van der Waals surface area contributed by atoms with E-state index in [1.165, 1.54) is 0 Å². The van der Waals surface area contributed by atoms with Crippen molar-refractivity contribution in [2.75, 3.05) is 5.73 Å². The molecule has 0 aromatic heterocycles. The molecule has 0 aliphatic carbocycles. The van der Waals surface area contributed by atoms with Gasteiger partial charge in [0.15, 0.2) is 0 Å². The molecule has 2 aromatic rings. The van der Waals surface area contributed by atoms with E-state index in [0.717, 1.165) is 16.7 Å².